The van der Waals surface area contributed by atoms with Crippen molar-refractivity contribution in [1.82, 2.24) is 0 Å². The van der Waals surface area contributed by atoms with Gasteiger partial charge < -0.3 is 10.1 Å². The van der Waals surface area contributed by atoms with Crippen molar-refractivity contribution in [1.29, 1.82) is 0 Å². The predicted octanol–water partition coefficient (Wildman–Crippen LogP) is 4.90. The Morgan fingerprint density at radius 2 is 1.68 bits per heavy atom. The molecule has 2 aliphatic carbocycles. The van der Waals surface area contributed by atoms with Gasteiger partial charge in [0.2, 0.25) is 0 Å². The van der Waals surface area contributed by atoms with E-state index in [1.807, 2.05) is 0 Å². The Bertz CT molecular complexity index is 1090. The molecule has 2 aliphatic rings. The number of hydrogen-bond acceptors (Lipinski definition) is 3. The van der Waals surface area contributed by atoms with Crippen LogP contribution >= 0.6 is 0 Å². The first-order valence-electron chi connectivity index (χ1n) is 10.3. The highest BCUT2D eigenvalue weighted by molar-refractivity contribution is 7.91. The van der Waals surface area contributed by atoms with Crippen LogP contribution in [0.3, 0.4) is 0 Å². The normalized spacial score (nSPS) is 17.7. The van der Waals surface area contributed by atoms with Crippen LogP contribution < -0.4 is 10.5 Å². The van der Waals surface area contributed by atoms with Crippen LogP contribution in [0, 0.1) is 0 Å². The van der Waals surface area contributed by atoms with Crippen molar-refractivity contribution in [2.24, 2.45) is 9.50 Å². The van der Waals surface area contributed by atoms with Crippen molar-refractivity contribution in [2.45, 2.75) is 63.1 Å². The van der Waals surface area contributed by atoms with Crippen molar-refractivity contribution in [3.8, 4) is 0 Å². The fourth-order valence-electron chi connectivity index (χ4n) is 4.44. The van der Waals surface area contributed by atoms with E-state index in [-0.39, 0.29) is 4.90 Å². The Labute approximate surface area is 180 Å². The fourth-order valence-corrected chi connectivity index (χ4v) is 5.36. The number of nitrogens with one attached hydrogen (secondary N) is 1. The third-order valence-electron chi connectivity index (χ3n) is 5.92. The van der Waals surface area contributed by atoms with Gasteiger partial charge in [-0.2, -0.15) is 8.78 Å². The molecule has 0 unspecified atom stereocenters. The maximum absolute atomic E-state index is 12.9. The first-order valence-corrected chi connectivity index (χ1v) is 11.9. The summed E-state index contributed by atoms with van der Waals surface area (Å²) in [5.41, 5.74) is 6.09. The van der Waals surface area contributed by atoms with Crippen LogP contribution in [0.2, 0.25) is 0 Å². The van der Waals surface area contributed by atoms with Crippen LogP contribution in [-0.2, 0) is 40.3 Å². The zero-order chi connectivity index (χ0) is 22.2. The average molecular weight is 450 g/mol. The summed E-state index contributed by atoms with van der Waals surface area (Å²) < 4.78 is 45.9. The van der Waals surface area contributed by atoms with Crippen molar-refractivity contribution in [2.75, 3.05) is 5.32 Å². The fraction of sp³-hybridized carbons (Fsp3) is 0.409. The molecule has 6 nitrogen and oxygen atoms in total. The summed E-state index contributed by atoms with van der Waals surface area (Å²) in [7, 11) is -3.50. The lowest BCUT2D eigenvalue weighted by atomic mass is 9.99. The van der Waals surface area contributed by atoms with Crippen molar-refractivity contribution in [3.63, 3.8) is 0 Å². The Hall–Kier alpha value is -2.36. The number of nitrogens with zero attached hydrogens (tertiary/aromatic N) is 1. The largest absolute Gasteiger partial charge is 0.354 e. The van der Waals surface area contributed by atoms with Crippen molar-refractivity contribution < 1.29 is 22.5 Å². The summed E-state index contributed by atoms with van der Waals surface area (Å²) in [6.45, 7) is -1.41. The molecule has 0 aromatic heterocycles. The van der Waals surface area contributed by atoms with E-state index in [0.717, 1.165) is 55.3 Å². The lowest BCUT2D eigenvalue weighted by Crippen LogP contribution is -2.19. The van der Waals surface area contributed by atoms with Gasteiger partial charge in [-0.1, -0.05) is 18.2 Å². The molecule has 0 saturated carbocycles. The number of anilines is 1. The molecule has 2 aromatic carbocycles. The van der Waals surface area contributed by atoms with Crippen LogP contribution in [0.25, 0.3) is 0 Å². The topological polar surface area (TPSA) is 93.8 Å². The lowest BCUT2D eigenvalue weighted by molar-refractivity contribution is -0.159. The highest BCUT2D eigenvalue weighted by Gasteiger charge is 2.25. The lowest BCUT2D eigenvalue weighted by Gasteiger charge is -2.15. The quantitative estimate of drug-likeness (QED) is 0.680. The predicted molar refractivity (Wildman–Crippen MR) is 114 cm³/mol. The minimum Gasteiger partial charge on any atom is -0.315 e. The third-order valence-corrected chi connectivity index (χ3v) is 7.30. The van der Waals surface area contributed by atoms with Crippen molar-refractivity contribution >= 4 is 21.6 Å². The maximum Gasteiger partial charge on any atom is 0.354 e. The van der Waals surface area contributed by atoms with Gasteiger partial charge in [0.25, 0.3) is 0 Å². The van der Waals surface area contributed by atoms with E-state index < -0.39 is 28.7 Å². The minimum absolute atomic E-state index is 0.138. The number of fused-ring (bicyclic) bond motifs is 2. The molecular weight excluding hydrogens is 424 g/mol. The van der Waals surface area contributed by atoms with Gasteiger partial charge in [-0.25, -0.2) is 14.1 Å². The number of hydrogen-bond donors (Lipinski definition) is 2. The number of carbonyl (C=O) groups is 1. The standard InChI is InChI=1S/C22H25F2N3O3S/c1-13(30-21(23)24)14-8-10-17(11-9-14)31(25,29)27-22(28)26-20-18-6-2-4-15(18)12-16-5-3-7-19(16)20/h8-13,21H,2-7H2,1H3,(H3,25,26,27,28,29)/t13-,31+/m0/s1. The summed E-state index contributed by atoms with van der Waals surface area (Å²) in [6, 6.07) is 7.30. The molecule has 0 fully saturated rings. The Morgan fingerprint density at radius 3 is 2.23 bits per heavy atom. The minimum atomic E-state index is -3.50. The molecule has 3 N–H and O–H groups in total. The van der Waals surface area contributed by atoms with E-state index in [4.69, 9.17) is 5.14 Å². The van der Waals surface area contributed by atoms with Gasteiger partial charge in [0, 0.05) is 5.69 Å². The zero-order valence-corrected chi connectivity index (χ0v) is 18.0. The molecule has 0 bridgehead atoms. The first-order chi connectivity index (χ1) is 14.7. The number of nitrogens with two attached hydrogens (primary N) is 1. The summed E-state index contributed by atoms with van der Waals surface area (Å²) in [5, 5.41) is 8.73. The SMILES string of the molecule is C[C@H](OC(F)F)c1ccc([S@](N)(=O)=NC(=O)Nc2c3c(cc4c2CCC4)CCC3)cc1. The zero-order valence-electron chi connectivity index (χ0n) is 17.2. The summed E-state index contributed by atoms with van der Waals surface area (Å²) in [5.74, 6) is 0. The molecule has 2 atom stereocenters. The maximum atomic E-state index is 12.9. The number of halogens is 2. The molecule has 2 aromatic rings. The molecule has 0 saturated heterocycles. The monoisotopic (exact) mass is 449 g/mol. The molecule has 9 heteroatoms. The van der Waals surface area contributed by atoms with Gasteiger partial charge >= 0.3 is 12.6 Å². The van der Waals surface area contributed by atoms with Gasteiger partial charge in [-0.3, -0.25) is 0 Å². The van der Waals surface area contributed by atoms with E-state index in [1.54, 1.807) is 0 Å². The molecule has 0 aliphatic heterocycles. The Morgan fingerprint density at radius 1 is 1.10 bits per heavy atom. The molecule has 31 heavy (non-hydrogen) atoms. The van der Waals surface area contributed by atoms with Crippen LogP contribution in [0.1, 0.15) is 53.7 Å². The molecule has 0 spiro atoms. The average Bonchev–Trinajstić information content (AvgIpc) is 3.36. The van der Waals surface area contributed by atoms with E-state index in [9.17, 15) is 17.8 Å². The van der Waals surface area contributed by atoms with E-state index in [1.165, 1.54) is 42.3 Å². The molecule has 0 radical (unpaired) electrons. The van der Waals surface area contributed by atoms with E-state index in [0.29, 0.717) is 5.56 Å². The second-order valence-corrected chi connectivity index (χ2v) is 9.72. The summed E-state index contributed by atoms with van der Waals surface area (Å²) in [4.78, 5) is 12.8. The van der Waals surface area contributed by atoms with Crippen LogP contribution in [0.4, 0.5) is 19.3 Å². The summed E-state index contributed by atoms with van der Waals surface area (Å²) >= 11 is 0. The second-order valence-electron chi connectivity index (χ2n) is 7.93. The number of urea groups is 1. The van der Waals surface area contributed by atoms with Gasteiger partial charge in [0.1, 0.15) is 9.92 Å². The molecule has 2 amide bonds. The van der Waals surface area contributed by atoms with E-state index in [2.05, 4.69) is 20.5 Å². The number of carbonyl (C=O) groups excluding carboxylic acids is 1. The number of amides is 2. The summed E-state index contributed by atoms with van der Waals surface area (Å²) in [6.07, 6.45) is 5.04. The number of aryl methyl sites for hydroxylation is 2. The first kappa shape index (κ1) is 21.9. The Kier molecular flexibility index (Phi) is 6.09. The second kappa shape index (κ2) is 8.64. The number of alkyl halides is 2. The third kappa shape index (κ3) is 4.63. The highest BCUT2D eigenvalue weighted by atomic mass is 32.2. The van der Waals surface area contributed by atoms with Crippen LogP contribution in [0.15, 0.2) is 39.6 Å². The number of benzene rings is 2. The van der Waals surface area contributed by atoms with Crippen molar-refractivity contribution in [3.05, 3.63) is 58.1 Å². The van der Waals surface area contributed by atoms with Crippen LogP contribution in [0.5, 0.6) is 0 Å². The van der Waals surface area contributed by atoms with Gasteiger partial charge in [0.15, 0.2) is 0 Å². The molecular formula is C22H25F2N3O3S. The van der Waals surface area contributed by atoms with Crippen LogP contribution in [-0.4, -0.2) is 16.9 Å². The smallest absolute Gasteiger partial charge is 0.315 e. The number of rotatable bonds is 5. The molecule has 4 rings (SSSR count). The van der Waals surface area contributed by atoms with Gasteiger partial charge in [0.05, 0.1) is 11.0 Å². The number of ether oxygens (including phenoxy) is 1. The van der Waals surface area contributed by atoms with Gasteiger partial charge in [-0.15, -0.1) is 4.36 Å². The van der Waals surface area contributed by atoms with Gasteiger partial charge in [-0.05, 0) is 85.4 Å². The Balaban J connectivity index is 1.57. The highest BCUT2D eigenvalue weighted by Crippen LogP contribution is 2.38. The van der Waals surface area contributed by atoms with E-state index >= 15 is 0 Å². The molecule has 0 heterocycles. The molecule has 166 valence electrons.